The molecule has 0 aliphatic carbocycles. The van der Waals surface area contributed by atoms with Gasteiger partial charge in [0.05, 0.1) is 0 Å². The lowest BCUT2D eigenvalue weighted by Crippen LogP contribution is -2.00. The van der Waals surface area contributed by atoms with Gasteiger partial charge in [0.25, 0.3) is 0 Å². The molecule has 0 bridgehead atoms. The van der Waals surface area contributed by atoms with Crippen LogP contribution in [-0.4, -0.2) is 9.97 Å². The quantitative estimate of drug-likeness (QED) is 0.587. The fourth-order valence-corrected chi connectivity index (χ4v) is 2.70. The summed E-state index contributed by atoms with van der Waals surface area (Å²) in [6.45, 7) is 0.465. The number of benzene rings is 2. The molecule has 0 saturated carbocycles. The number of H-pyrrole nitrogens is 1. The maximum absolute atomic E-state index is 5.96. The Balaban J connectivity index is 1.62. The fraction of sp³-hybridized carbons (Fsp3) is 0.0500. The first-order chi connectivity index (χ1) is 11.8. The van der Waals surface area contributed by atoms with Gasteiger partial charge in [-0.25, -0.2) is 4.98 Å². The van der Waals surface area contributed by atoms with E-state index >= 15 is 0 Å². The van der Waals surface area contributed by atoms with Crippen molar-refractivity contribution in [1.29, 1.82) is 0 Å². The van der Waals surface area contributed by atoms with Gasteiger partial charge in [0, 0.05) is 23.5 Å². The van der Waals surface area contributed by atoms with Crippen molar-refractivity contribution >= 4 is 16.7 Å². The number of nitrogens with zero attached hydrogens (tertiary/aromatic N) is 1. The highest BCUT2D eigenvalue weighted by atomic mass is 16.5. The predicted octanol–water partition coefficient (Wildman–Crippen LogP) is 4.39. The largest absolute Gasteiger partial charge is 0.485 e. The van der Waals surface area contributed by atoms with Crippen LogP contribution in [0, 0.1) is 0 Å². The second kappa shape index (κ2) is 6.08. The number of hydrogen-bond acceptors (Lipinski definition) is 3. The molecule has 0 saturated heterocycles. The Kier molecular flexibility index (Phi) is 3.63. The molecule has 4 aromatic rings. The van der Waals surface area contributed by atoms with E-state index in [1.807, 2.05) is 42.6 Å². The second-order valence-corrected chi connectivity index (χ2v) is 5.66. The van der Waals surface area contributed by atoms with Crippen molar-refractivity contribution in [1.82, 2.24) is 9.97 Å². The number of pyridine rings is 1. The summed E-state index contributed by atoms with van der Waals surface area (Å²) in [5, 5.41) is 1.16. The summed E-state index contributed by atoms with van der Waals surface area (Å²) < 4.78 is 5.86. The highest BCUT2D eigenvalue weighted by Crippen LogP contribution is 2.29. The number of nitrogens with one attached hydrogen (secondary N) is 1. The maximum atomic E-state index is 5.96. The van der Waals surface area contributed by atoms with Gasteiger partial charge in [-0.3, -0.25) is 0 Å². The molecule has 0 amide bonds. The summed E-state index contributed by atoms with van der Waals surface area (Å²) in [6, 6.07) is 20.2. The summed E-state index contributed by atoms with van der Waals surface area (Å²) in [4.78, 5) is 7.48. The molecule has 4 nitrogen and oxygen atoms in total. The molecule has 24 heavy (non-hydrogen) atoms. The van der Waals surface area contributed by atoms with E-state index in [0.717, 1.165) is 27.6 Å². The van der Waals surface area contributed by atoms with Crippen LogP contribution in [0.3, 0.4) is 0 Å². The van der Waals surface area contributed by atoms with Crippen LogP contribution in [0.25, 0.3) is 22.0 Å². The normalized spacial score (nSPS) is 10.8. The average Bonchev–Trinajstić information content (AvgIpc) is 3.09. The van der Waals surface area contributed by atoms with E-state index in [1.165, 1.54) is 0 Å². The number of hydrogen-bond donors (Lipinski definition) is 2. The number of anilines is 1. The van der Waals surface area contributed by atoms with Crippen molar-refractivity contribution in [3.05, 3.63) is 78.6 Å². The molecule has 0 aliphatic heterocycles. The summed E-state index contributed by atoms with van der Waals surface area (Å²) in [5.74, 6) is 1.00. The zero-order valence-corrected chi connectivity index (χ0v) is 13.1. The highest BCUT2D eigenvalue weighted by Gasteiger charge is 2.07. The smallest absolute Gasteiger partial charge is 0.166 e. The van der Waals surface area contributed by atoms with Crippen LogP contribution in [0.4, 0.5) is 5.82 Å². The zero-order valence-electron chi connectivity index (χ0n) is 13.1. The Morgan fingerprint density at radius 3 is 2.71 bits per heavy atom. The number of nitrogen functional groups attached to an aromatic ring is 1. The molecular weight excluding hydrogens is 298 g/mol. The number of rotatable bonds is 4. The minimum absolute atomic E-state index is 0.400. The fourth-order valence-electron chi connectivity index (χ4n) is 2.70. The monoisotopic (exact) mass is 315 g/mol. The lowest BCUT2D eigenvalue weighted by molar-refractivity contribution is 0.307. The lowest BCUT2D eigenvalue weighted by atomic mass is 10.1. The van der Waals surface area contributed by atoms with Crippen molar-refractivity contribution in [3.8, 4) is 16.9 Å². The molecule has 2 heterocycles. The van der Waals surface area contributed by atoms with E-state index in [9.17, 15) is 0 Å². The molecule has 0 radical (unpaired) electrons. The molecule has 4 rings (SSSR count). The number of nitrogens with two attached hydrogens (primary N) is 1. The number of fused-ring (bicyclic) bond motifs is 1. The van der Waals surface area contributed by atoms with E-state index in [0.29, 0.717) is 18.2 Å². The van der Waals surface area contributed by atoms with Gasteiger partial charge in [0.1, 0.15) is 6.61 Å². The first-order valence-corrected chi connectivity index (χ1v) is 7.79. The Morgan fingerprint density at radius 1 is 0.958 bits per heavy atom. The molecule has 0 fully saturated rings. The molecule has 0 aliphatic rings. The molecule has 3 N–H and O–H groups in total. The molecule has 0 spiro atoms. The minimum Gasteiger partial charge on any atom is -0.485 e. The van der Waals surface area contributed by atoms with Crippen molar-refractivity contribution in [2.45, 2.75) is 6.61 Å². The van der Waals surface area contributed by atoms with Gasteiger partial charge in [0.15, 0.2) is 11.6 Å². The third-order valence-corrected chi connectivity index (χ3v) is 4.01. The first kappa shape index (κ1) is 14.3. The summed E-state index contributed by atoms with van der Waals surface area (Å²) in [5.41, 5.74) is 10.2. The molecule has 4 heteroatoms. The molecule has 2 aromatic heterocycles. The molecule has 2 aromatic carbocycles. The third kappa shape index (κ3) is 2.82. The highest BCUT2D eigenvalue weighted by molar-refractivity contribution is 5.85. The van der Waals surface area contributed by atoms with Crippen LogP contribution in [0.2, 0.25) is 0 Å². The van der Waals surface area contributed by atoms with E-state index in [4.69, 9.17) is 10.5 Å². The van der Waals surface area contributed by atoms with Crippen LogP contribution < -0.4 is 10.5 Å². The average molecular weight is 315 g/mol. The summed E-state index contributed by atoms with van der Waals surface area (Å²) >= 11 is 0. The van der Waals surface area contributed by atoms with Crippen LogP contribution in [0.15, 0.2) is 73.1 Å². The van der Waals surface area contributed by atoms with Crippen LogP contribution in [0.1, 0.15) is 5.56 Å². The van der Waals surface area contributed by atoms with E-state index in [-0.39, 0.29) is 0 Å². The van der Waals surface area contributed by atoms with Crippen LogP contribution in [-0.2, 0) is 6.61 Å². The van der Waals surface area contributed by atoms with Gasteiger partial charge in [0.2, 0.25) is 0 Å². The van der Waals surface area contributed by atoms with Gasteiger partial charge >= 0.3 is 0 Å². The van der Waals surface area contributed by atoms with Crippen molar-refractivity contribution < 1.29 is 4.74 Å². The second-order valence-electron chi connectivity index (χ2n) is 5.66. The molecular formula is C20H17N3O. The lowest BCUT2D eigenvalue weighted by Gasteiger charge is -2.10. The Morgan fingerprint density at radius 2 is 1.83 bits per heavy atom. The summed E-state index contributed by atoms with van der Waals surface area (Å²) in [7, 11) is 0. The topological polar surface area (TPSA) is 63.9 Å². The standard InChI is InChI=1S/C20H17N3O/c21-20-19(24-13-14-4-2-1-3-5-14)11-17(12-23-20)15-6-7-18-16(10-15)8-9-22-18/h1-12,22H,13H2,(H2,21,23). The van der Waals surface area contributed by atoms with Crippen molar-refractivity contribution in [3.63, 3.8) is 0 Å². The Bertz CT molecular complexity index is 977. The molecule has 0 atom stereocenters. The van der Waals surface area contributed by atoms with E-state index in [2.05, 4.69) is 34.2 Å². The SMILES string of the molecule is Nc1ncc(-c2ccc3[nH]ccc3c2)cc1OCc1ccccc1. The van der Waals surface area contributed by atoms with Crippen LogP contribution in [0.5, 0.6) is 5.75 Å². The van der Waals surface area contributed by atoms with Gasteiger partial charge in [-0.1, -0.05) is 36.4 Å². The van der Waals surface area contributed by atoms with Gasteiger partial charge in [-0.15, -0.1) is 0 Å². The van der Waals surface area contributed by atoms with Gasteiger partial charge in [-0.05, 0) is 40.8 Å². The molecule has 118 valence electrons. The zero-order chi connectivity index (χ0) is 16.4. The number of aromatic nitrogens is 2. The third-order valence-electron chi connectivity index (χ3n) is 4.01. The number of ether oxygens (including phenoxy) is 1. The van der Waals surface area contributed by atoms with Crippen LogP contribution >= 0.6 is 0 Å². The van der Waals surface area contributed by atoms with E-state index < -0.39 is 0 Å². The van der Waals surface area contributed by atoms with Gasteiger partial charge in [-0.2, -0.15) is 0 Å². The van der Waals surface area contributed by atoms with Crippen molar-refractivity contribution in [2.24, 2.45) is 0 Å². The maximum Gasteiger partial charge on any atom is 0.166 e. The van der Waals surface area contributed by atoms with Gasteiger partial charge < -0.3 is 15.5 Å². The minimum atomic E-state index is 0.400. The predicted molar refractivity (Wildman–Crippen MR) is 96.7 cm³/mol. The molecule has 0 unspecified atom stereocenters. The van der Waals surface area contributed by atoms with E-state index in [1.54, 1.807) is 6.20 Å². The first-order valence-electron chi connectivity index (χ1n) is 7.79. The van der Waals surface area contributed by atoms with Crippen molar-refractivity contribution in [2.75, 3.05) is 5.73 Å². The Hall–Kier alpha value is -3.27. The number of aromatic amines is 1. The Labute approximate surface area is 139 Å². The summed E-state index contributed by atoms with van der Waals surface area (Å²) in [6.07, 6.45) is 3.71.